The van der Waals surface area contributed by atoms with Crippen LogP contribution in [0, 0.1) is 0 Å². The van der Waals surface area contributed by atoms with Crippen LogP contribution in [0.4, 0.5) is 0 Å². The molecule has 0 saturated carbocycles. The Hall–Kier alpha value is -1.83. The minimum absolute atomic E-state index is 0.0399. The summed E-state index contributed by atoms with van der Waals surface area (Å²) in [5.41, 5.74) is 9.77. The van der Waals surface area contributed by atoms with Gasteiger partial charge in [0.05, 0.1) is 10.6 Å². The first-order valence-electron chi connectivity index (χ1n) is 7.83. The van der Waals surface area contributed by atoms with Crippen LogP contribution >= 0.6 is 11.3 Å². The number of hydrogen-bond acceptors (Lipinski definition) is 6. The normalized spacial score (nSPS) is 18.4. The van der Waals surface area contributed by atoms with Gasteiger partial charge in [0.2, 0.25) is 0 Å². The van der Waals surface area contributed by atoms with Gasteiger partial charge in [-0.05, 0) is 45.2 Å². The highest BCUT2D eigenvalue weighted by Crippen LogP contribution is 2.25. The Labute approximate surface area is 147 Å². The van der Waals surface area contributed by atoms with Crippen molar-refractivity contribution in [3.8, 4) is 0 Å². The largest absolute Gasteiger partial charge is 0.303 e. The molecule has 132 valence electrons. The molecule has 7 heteroatoms. The van der Waals surface area contributed by atoms with Crippen molar-refractivity contribution in [2.24, 2.45) is 0 Å². The lowest BCUT2D eigenvalue weighted by atomic mass is 9.86. The second-order valence-corrected chi connectivity index (χ2v) is 8.04. The van der Waals surface area contributed by atoms with Gasteiger partial charge < -0.3 is 10.7 Å². The van der Waals surface area contributed by atoms with Gasteiger partial charge in [0.25, 0.3) is 5.91 Å². The lowest BCUT2D eigenvalue weighted by Crippen LogP contribution is -2.56. The zero-order valence-electron chi connectivity index (χ0n) is 14.7. The Bertz CT molecular complexity index is 621. The van der Waals surface area contributed by atoms with Crippen molar-refractivity contribution in [1.29, 1.82) is 0 Å². The van der Waals surface area contributed by atoms with Gasteiger partial charge in [-0.2, -0.15) is 0 Å². The number of nitrogens with one attached hydrogen (secondary N) is 4. The molecule has 0 unspecified atom stereocenters. The molecule has 0 saturated heterocycles. The van der Waals surface area contributed by atoms with E-state index in [9.17, 15) is 4.79 Å². The van der Waals surface area contributed by atoms with Crippen molar-refractivity contribution in [2.45, 2.75) is 45.2 Å². The third-order valence-corrected chi connectivity index (χ3v) is 4.34. The lowest BCUT2D eigenvalue weighted by Gasteiger charge is -2.41. The number of amides is 1. The summed E-state index contributed by atoms with van der Waals surface area (Å²) in [6, 6.07) is 3.86. The van der Waals surface area contributed by atoms with Crippen LogP contribution in [0.25, 0.3) is 5.70 Å². The average molecular weight is 350 g/mol. The van der Waals surface area contributed by atoms with Crippen molar-refractivity contribution < 1.29 is 9.63 Å². The van der Waals surface area contributed by atoms with Crippen LogP contribution in [0.3, 0.4) is 0 Å². The zero-order valence-corrected chi connectivity index (χ0v) is 15.5. The number of rotatable bonds is 7. The highest BCUT2D eigenvalue weighted by atomic mass is 32.1. The minimum atomic E-state index is -0.267. The highest BCUT2D eigenvalue weighted by molar-refractivity contribution is 7.11. The van der Waals surface area contributed by atoms with E-state index in [-0.39, 0.29) is 23.6 Å². The lowest BCUT2D eigenvalue weighted by molar-refractivity contribution is -0.128. The standard InChI is InChI=1S/C17H26N4O2S/c1-12(14-7-6-8-24-14)20-23-11-15(22)19-18-13-9-16(2,3)21-17(4,5)10-13/h6-9,18,20-21H,1,10-11H2,2-5H3,(H,19,22). The number of carbonyl (C=O) groups excluding carboxylic acids is 1. The Balaban J connectivity index is 1.73. The summed E-state index contributed by atoms with van der Waals surface area (Å²) in [5.74, 6) is -0.267. The van der Waals surface area contributed by atoms with Crippen LogP contribution in [0.2, 0.25) is 0 Å². The maximum Gasteiger partial charge on any atom is 0.267 e. The Morgan fingerprint density at radius 1 is 1.42 bits per heavy atom. The third kappa shape index (κ3) is 5.67. The van der Waals surface area contributed by atoms with Gasteiger partial charge >= 0.3 is 0 Å². The molecule has 2 rings (SSSR count). The molecular formula is C17H26N4O2S. The second kappa shape index (κ2) is 7.38. The monoisotopic (exact) mass is 350 g/mol. The van der Waals surface area contributed by atoms with E-state index in [1.54, 1.807) is 11.3 Å². The van der Waals surface area contributed by atoms with Gasteiger partial charge in [0, 0.05) is 23.2 Å². The number of thiophene rings is 1. The molecule has 0 fully saturated rings. The molecule has 0 aromatic carbocycles. The average Bonchev–Trinajstić information content (AvgIpc) is 2.96. The van der Waals surface area contributed by atoms with Crippen molar-refractivity contribution in [3.05, 3.63) is 40.7 Å². The number of hydrazine groups is 1. The van der Waals surface area contributed by atoms with E-state index in [4.69, 9.17) is 4.84 Å². The van der Waals surface area contributed by atoms with Gasteiger partial charge in [-0.3, -0.25) is 20.5 Å². The molecule has 1 aliphatic rings. The quantitative estimate of drug-likeness (QED) is 0.568. The minimum Gasteiger partial charge on any atom is -0.303 e. The van der Waals surface area contributed by atoms with Crippen LogP contribution in [-0.4, -0.2) is 23.6 Å². The summed E-state index contributed by atoms with van der Waals surface area (Å²) in [7, 11) is 0. The summed E-state index contributed by atoms with van der Waals surface area (Å²) < 4.78 is 0. The predicted octanol–water partition coefficient (Wildman–Crippen LogP) is 2.30. The van der Waals surface area contributed by atoms with Crippen molar-refractivity contribution in [3.63, 3.8) is 0 Å². The summed E-state index contributed by atoms with van der Waals surface area (Å²) in [5, 5.41) is 5.49. The van der Waals surface area contributed by atoms with Gasteiger partial charge in [-0.1, -0.05) is 12.6 Å². The first-order chi connectivity index (χ1) is 11.2. The van der Waals surface area contributed by atoms with E-state index < -0.39 is 0 Å². The number of hydrogen-bond donors (Lipinski definition) is 4. The molecule has 2 heterocycles. The molecule has 6 nitrogen and oxygen atoms in total. The number of carbonyl (C=O) groups is 1. The fourth-order valence-corrected chi connectivity index (χ4v) is 3.52. The summed E-state index contributed by atoms with van der Waals surface area (Å²) in [4.78, 5) is 18.0. The van der Waals surface area contributed by atoms with E-state index in [1.165, 1.54) is 0 Å². The fourth-order valence-electron chi connectivity index (χ4n) is 2.87. The third-order valence-electron chi connectivity index (χ3n) is 3.41. The van der Waals surface area contributed by atoms with E-state index in [1.807, 2.05) is 17.5 Å². The van der Waals surface area contributed by atoms with Gasteiger partial charge in [-0.25, -0.2) is 0 Å². The molecule has 0 radical (unpaired) electrons. The Morgan fingerprint density at radius 3 is 2.79 bits per heavy atom. The molecule has 24 heavy (non-hydrogen) atoms. The van der Waals surface area contributed by atoms with E-state index in [0.717, 1.165) is 17.0 Å². The van der Waals surface area contributed by atoms with Crippen LogP contribution in [-0.2, 0) is 9.63 Å². The van der Waals surface area contributed by atoms with Gasteiger partial charge in [0.1, 0.15) is 0 Å². The fraction of sp³-hybridized carbons (Fsp3) is 0.471. The van der Waals surface area contributed by atoms with Gasteiger partial charge in [0.15, 0.2) is 6.61 Å². The number of hydroxylamine groups is 1. The summed E-state index contributed by atoms with van der Waals surface area (Å²) in [6.07, 6.45) is 2.88. The van der Waals surface area contributed by atoms with Crippen molar-refractivity contribution >= 4 is 22.9 Å². The summed E-state index contributed by atoms with van der Waals surface area (Å²) >= 11 is 1.55. The molecule has 0 bridgehead atoms. The van der Waals surface area contributed by atoms with Crippen LogP contribution in [0.15, 0.2) is 35.9 Å². The van der Waals surface area contributed by atoms with Crippen molar-refractivity contribution in [1.82, 2.24) is 21.6 Å². The van der Waals surface area contributed by atoms with E-state index in [0.29, 0.717) is 5.70 Å². The van der Waals surface area contributed by atoms with E-state index >= 15 is 0 Å². The van der Waals surface area contributed by atoms with Gasteiger partial charge in [-0.15, -0.1) is 11.3 Å². The Morgan fingerprint density at radius 2 is 2.17 bits per heavy atom. The van der Waals surface area contributed by atoms with Crippen LogP contribution in [0.5, 0.6) is 0 Å². The molecule has 0 aliphatic carbocycles. The molecule has 4 N–H and O–H groups in total. The Kier molecular flexibility index (Phi) is 5.69. The maximum absolute atomic E-state index is 11.9. The summed E-state index contributed by atoms with van der Waals surface area (Å²) in [6.45, 7) is 12.2. The molecule has 1 amide bonds. The zero-order chi connectivity index (χ0) is 17.8. The maximum atomic E-state index is 11.9. The molecular weight excluding hydrogens is 324 g/mol. The first-order valence-corrected chi connectivity index (χ1v) is 8.71. The predicted molar refractivity (Wildman–Crippen MR) is 97.7 cm³/mol. The molecule has 0 atom stereocenters. The molecule has 1 aromatic rings. The van der Waals surface area contributed by atoms with Crippen molar-refractivity contribution in [2.75, 3.05) is 6.61 Å². The topological polar surface area (TPSA) is 74.4 Å². The first kappa shape index (κ1) is 18.5. The van der Waals surface area contributed by atoms with Crippen LogP contribution < -0.4 is 21.6 Å². The molecule has 1 aliphatic heterocycles. The molecule has 0 spiro atoms. The van der Waals surface area contributed by atoms with Crippen LogP contribution in [0.1, 0.15) is 39.0 Å². The highest BCUT2D eigenvalue weighted by Gasteiger charge is 2.32. The molecule has 1 aromatic heterocycles. The second-order valence-electron chi connectivity index (χ2n) is 7.10. The SMILES string of the molecule is C=C(NOCC(=O)NNC1=CC(C)(C)NC(C)(C)C1)c1cccs1. The van der Waals surface area contributed by atoms with E-state index in [2.05, 4.69) is 62.0 Å². The smallest absolute Gasteiger partial charge is 0.267 e.